The highest BCUT2D eigenvalue weighted by atomic mass is 32.2. The van der Waals surface area contributed by atoms with E-state index >= 15 is 0 Å². The van der Waals surface area contributed by atoms with Gasteiger partial charge in [-0.1, -0.05) is 0 Å². The number of nitrogens with two attached hydrogens (primary N) is 1. The van der Waals surface area contributed by atoms with Crippen LogP contribution in [0.2, 0.25) is 0 Å². The average Bonchev–Trinajstić information content (AvgIpc) is 2.82. The number of hydrogen-bond donors (Lipinski definition) is 1. The fourth-order valence-corrected chi connectivity index (χ4v) is 4.31. The largest absolute Gasteiger partial charge is 0.310 e. The van der Waals surface area contributed by atoms with Crippen molar-refractivity contribution in [3.8, 4) is 0 Å². The number of nitrogens with zero attached hydrogens (tertiary/aromatic N) is 3. The molecule has 0 radical (unpaired) electrons. The molecule has 6 nitrogen and oxygen atoms in total. The van der Waals surface area contributed by atoms with Crippen LogP contribution in [0.15, 0.2) is 0 Å². The summed E-state index contributed by atoms with van der Waals surface area (Å²) in [4.78, 5) is 4.46. The second-order valence-corrected chi connectivity index (χ2v) is 7.12. The van der Waals surface area contributed by atoms with Crippen molar-refractivity contribution in [3.63, 3.8) is 0 Å². The quantitative estimate of drug-likeness (QED) is 0.762. The number of fused-ring (bicyclic) bond motifs is 1. The lowest BCUT2D eigenvalue weighted by molar-refractivity contribution is 0.370. The van der Waals surface area contributed by atoms with Gasteiger partial charge in [-0.3, -0.25) is 0 Å². The molecule has 0 spiro atoms. The third-order valence-electron chi connectivity index (χ3n) is 3.53. The van der Waals surface area contributed by atoms with Crippen molar-refractivity contribution in [2.45, 2.75) is 37.8 Å². The summed E-state index contributed by atoms with van der Waals surface area (Å²) in [6, 6.07) is 0. The van der Waals surface area contributed by atoms with E-state index in [1.54, 1.807) is 4.68 Å². The van der Waals surface area contributed by atoms with Crippen molar-refractivity contribution in [2.75, 3.05) is 11.5 Å². The zero-order valence-corrected chi connectivity index (χ0v) is 10.4. The Morgan fingerprint density at radius 2 is 2.18 bits per heavy atom. The van der Waals surface area contributed by atoms with Gasteiger partial charge in [0.05, 0.1) is 11.5 Å². The van der Waals surface area contributed by atoms with E-state index in [0.29, 0.717) is 12.2 Å². The van der Waals surface area contributed by atoms with Gasteiger partial charge in [0.25, 0.3) is 0 Å². The molecule has 1 fully saturated rings. The van der Waals surface area contributed by atoms with E-state index in [4.69, 9.17) is 5.73 Å². The molecule has 3 heterocycles. The molecule has 2 aliphatic rings. The SMILES string of the molecule is NC1CCCc2nc(C3CCS(=O)(=O)C3)nn21. The van der Waals surface area contributed by atoms with Crippen LogP contribution in [0.5, 0.6) is 0 Å². The van der Waals surface area contributed by atoms with E-state index < -0.39 is 9.84 Å². The van der Waals surface area contributed by atoms with E-state index in [0.717, 1.165) is 25.1 Å². The Kier molecular flexibility index (Phi) is 2.48. The minimum absolute atomic E-state index is 0.0368. The lowest BCUT2D eigenvalue weighted by atomic mass is 10.1. The first-order chi connectivity index (χ1) is 8.05. The van der Waals surface area contributed by atoms with Crippen LogP contribution in [-0.4, -0.2) is 34.7 Å². The standard InChI is InChI=1S/C10H16N4O2S/c11-8-2-1-3-9-12-10(13-14(8)9)7-4-5-17(15,16)6-7/h7-8H,1-6,11H2. The van der Waals surface area contributed by atoms with Gasteiger partial charge >= 0.3 is 0 Å². The summed E-state index contributed by atoms with van der Waals surface area (Å²) in [7, 11) is -2.88. The molecule has 0 aliphatic carbocycles. The Morgan fingerprint density at radius 1 is 1.35 bits per heavy atom. The van der Waals surface area contributed by atoms with Gasteiger partial charge in [0, 0.05) is 12.3 Å². The van der Waals surface area contributed by atoms with Crippen molar-refractivity contribution in [3.05, 3.63) is 11.6 Å². The first-order valence-electron chi connectivity index (χ1n) is 5.96. The fraction of sp³-hybridized carbons (Fsp3) is 0.800. The number of aryl methyl sites for hydroxylation is 1. The molecule has 0 saturated carbocycles. The van der Waals surface area contributed by atoms with Crippen LogP contribution >= 0.6 is 0 Å². The van der Waals surface area contributed by atoms with Gasteiger partial charge in [-0.2, -0.15) is 5.10 Å². The summed E-state index contributed by atoms with van der Waals surface area (Å²) in [6.07, 6.45) is 3.38. The summed E-state index contributed by atoms with van der Waals surface area (Å²) < 4.78 is 24.6. The molecule has 17 heavy (non-hydrogen) atoms. The van der Waals surface area contributed by atoms with Gasteiger partial charge in [-0.25, -0.2) is 18.1 Å². The van der Waals surface area contributed by atoms with E-state index in [1.165, 1.54) is 0 Å². The molecule has 7 heteroatoms. The highest BCUT2D eigenvalue weighted by Gasteiger charge is 2.33. The van der Waals surface area contributed by atoms with E-state index in [9.17, 15) is 8.42 Å². The van der Waals surface area contributed by atoms with E-state index in [-0.39, 0.29) is 23.6 Å². The predicted molar refractivity (Wildman–Crippen MR) is 62.2 cm³/mol. The van der Waals surface area contributed by atoms with Crippen LogP contribution < -0.4 is 5.73 Å². The maximum absolute atomic E-state index is 11.4. The molecule has 94 valence electrons. The Labute approximate surface area is 100 Å². The van der Waals surface area contributed by atoms with Crippen molar-refractivity contribution in [2.24, 2.45) is 5.73 Å². The third-order valence-corrected chi connectivity index (χ3v) is 5.30. The van der Waals surface area contributed by atoms with Gasteiger partial charge < -0.3 is 5.73 Å². The van der Waals surface area contributed by atoms with Gasteiger partial charge in [0.15, 0.2) is 15.7 Å². The lowest BCUT2D eigenvalue weighted by Gasteiger charge is -2.18. The van der Waals surface area contributed by atoms with Gasteiger partial charge in [0.1, 0.15) is 12.0 Å². The summed E-state index contributed by atoms with van der Waals surface area (Å²) >= 11 is 0. The monoisotopic (exact) mass is 256 g/mol. The van der Waals surface area contributed by atoms with Crippen LogP contribution in [0.3, 0.4) is 0 Å². The highest BCUT2D eigenvalue weighted by molar-refractivity contribution is 7.91. The Bertz CT molecular complexity index is 537. The molecule has 0 aromatic carbocycles. The summed E-state index contributed by atoms with van der Waals surface area (Å²) in [6.45, 7) is 0. The van der Waals surface area contributed by atoms with Crippen LogP contribution in [0.25, 0.3) is 0 Å². The van der Waals surface area contributed by atoms with Crippen LogP contribution in [0.4, 0.5) is 0 Å². The van der Waals surface area contributed by atoms with Crippen LogP contribution in [0, 0.1) is 0 Å². The Morgan fingerprint density at radius 3 is 2.82 bits per heavy atom. The number of aromatic nitrogens is 3. The maximum atomic E-state index is 11.4. The molecule has 0 bridgehead atoms. The summed E-state index contributed by atoms with van der Waals surface area (Å²) in [5.41, 5.74) is 5.95. The molecule has 3 rings (SSSR count). The first kappa shape index (κ1) is 11.2. The first-order valence-corrected chi connectivity index (χ1v) is 7.78. The molecule has 1 aromatic rings. The maximum Gasteiger partial charge on any atom is 0.155 e. The average molecular weight is 256 g/mol. The molecule has 1 saturated heterocycles. The number of sulfone groups is 1. The predicted octanol–water partition coefficient (Wildman–Crippen LogP) is -0.0262. The molecular weight excluding hydrogens is 240 g/mol. The Balaban J connectivity index is 1.90. The zero-order chi connectivity index (χ0) is 12.0. The highest BCUT2D eigenvalue weighted by Crippen LogP contribution is 2.28. The fourth-order valence-electron chi connectivity index (χ4n) is 2.57. The zero-order valence-electron chi connectivity index (χ0n) is 9.54. The van der Waals surface area contributed by atoms with E-state index in [2.05, 4.69) is 10.1 Å². The van der Waals surface area contributed by atoms with Gasteiger partial charge in [0.2, 0.25) is 0 Å². The molecule has 1 aromatic heterocycles. The lowest BCUT2D eigenvalue weighted by Crippen LogP contribution is -2.26. The molecule has 0 amide bonds. The minimum Gasteiger partial charge on any atom is -0.310 e. The molecule has 2 unspecified atom stereocenters. The third kappa shape index (κ3) is 1.97. The van der Waals surface area contributed by atoms with Crippen molar-refractivity contribution >= 4 is 9.84 Å². The molecular formula is C10H16N4O2S. The second-order valence-electron chi connectivity index (χ2n) is 4.89. The van der Waals surface area contributed by atoms with E-state index in [1.807, 2.05) is 0 Å². The smallest absolute Gasteiger partial charge is 0.155 e. The van der Waals surface area contributed by atoms with Crippen molar-refractivity contribution in [1.29, 1.82) is 0 Å². The normalized spacial score (nSPS) is 31.4. The Hall–Kier alpha value is -0.950. The molecule has 2 atom stereocenters. The minimum atomic E-state index is -2.88. The topological polar surface area (TPSA) is 90.9 Å². The summed E-state index contributed by atoms with van der Waals surface area (Å²) in [5, 5.41) is 4.40. The van der Waals surface area contributed by atoms with Crippen LogP contribution in [-0.2, 0) is 16.3 Å². The number of hydrogen-bond acceptors (Lipinski definition) is 5. The molecule has 2 aliphatic heterocycles. The second kappa shape index (κ2) is 3.78. The van der Waals surface area contributed by atoms with Crippen molar-refractivity contribution < 1.29 is 8.42 Å². The van der Waals surface area contributed by atoms with Gasteiger partial charge in [-0.05, 0) is 19.3 Å². The number of rotatable bonds is 1. The molecule has 2 N–H and O–H groups in total. The van der Waals surface area contributed by atoms with Crippen molar-refractivity contribution in [1.82, 2.24) is 14.8 Å². The van der Waals surface area contributed by atoms with Gasteiger partial charge in [-0.15, -0.1) is 0 Å². The summed E-state index contributed by atoms with van der Waals surface area (Å²) in [5.74, 6) is 1.98. The van der Waals surface area contributed by atoms with Crippen LogP contribution in [0.1, 0.15) is 43.0 Å².